The molecule has 15 rings (SSSR count). The Hall–Kier alpha value is -6.77. The van der Waals surface area contributed by atoms with Gasteiger partial charge in [-0.2, -0.15) is 0 Å². The van der Waals surface area contributed by atoms with Crippen LogP contribution in [0.15, 0.2) is 133 Å². The van der Waals surface area contributed by atoms with Crippen LogP contribution in [0.1, 0.15) is 25.7 Å². The second-order valence-corrected chi connectivity index (χ2v) is 16.9. The maximum absolute atomic E-state index is 12.9. The molecule has 2 nitrogen and oxygen atoms in total. The van der Waals surface area contributed by atoms with E-state index < -0.39 is 0 Å². The molecule has 0 aliphatic heterocycles. The predicted molar refractivity (Wildman–Crippen MR) is 239 cm³/mol. The molecule has 2 heteroatoms. The lowest BCUT2D eigenvalue weighted by atomic mass is 9.81. The lowest BCUT2D eigenvalue weighted by molar-refractivity contribution is -0.120. The summed E-state index contributed by atoms with van der Waals surface area (Å²) in [4.78, 5) is 15.6. The van der Waals surface area contributed by atoms with E-state index in [-0.39, 0.29) is 6.04 Å². The maximum atomic E-state index is 12.9. The Balaban J connectivity index is 1.14. The van der Waals surface area contributed by atoms with Crippen molar-refractivity contribution >= 4 is 146 Å². The lowest BCUT2D eigenvalue weighted by Gasteiger charge is -2.38. The Morgan fingerprint density at radius 1 is 0.321 bits per heavy atom. The minimum atomic E-state index is 0.178. The molecular formula is C54H31NO. The third kappa shape index (κ3) is 3.21. The largest absolute Gasteiger partial charge is 0.337 e. The van der Waals surface area contributed by atoms with Gasteiger partial charge in [0.25, 0.3) is 0 Å². The van der Waals surface area contributed by atoms with E-state index >= 15 is 0 Å². The van der Waals surface area contributed by atoms with Crippen LogP contribution in [0.2, 0.25) is 0 Å². The number of hydrogen-bond donors (Lipinski definition) is 0. The van der Waals surface area contributed by atoms with Gasteiger partial charge in [-0.15, -0.1) is 0 Å². The molecule has 258 valence electrons. The first-order valence-corrected chi connectivity index (χ1v) is 20.2. The highest BCUT2D eigenvalue weighted by Gasteiger charge is 2.32. The second kappa shape index (κ2) is 9.53. The predicted octanol–water partition coefficient (Wildman–Crippen LogP) is 14.8. The van der Waals surface area contributed by atoms with Crippen molar-refractivity contribution in [3.63, 3.8) is 0 Å². The molecule has 56 heavy (non-hydrogen) atoms. The first kappa shape index (κ1) is 28.6. The van der Waals surface area contributed by atoms with E-state index in [9.17, 15) is 4.79 Å². The highest BCUT2D eigenvalue weighted by molar-refractivity contribution is 6.47. The number of hydrogen-bond acceptors (Lipinski definition) is 2. The molecule has 1 saturated carbocycles. The molecule has 0 radical (unpaired) electrons. The van der Waals surface area contributed by atoms with E-state index in [0.29, 0.717) is 18.6 Å². The molecule has 14 aromatic rings. The molecule has 0 saturated heterocycles. The van der Waals surface area contributed by atoms with Crippen molar-refractivity contribution in [2.75, 3.05) is 4.90 Å². The number of Topliss-reactive ketones (excluding diaryl/α,β-unsaturated/α-hetero) is 1. The number of ketones is 1. The zero-order valence-electron chi connectivity index (χ0n) is 30.5. The van der Waals surface area contributed by atoms with Gasteiger partial charge in [0.05, 0.1) is 0 Å². The van der Waals surface area contributed by atoms with Crippen LogP contribution in [0.25, 0.3) is 129 Å². The standard InChI is InChI=1S/C54H31NO/c56-38-21-19-37(20-22-38)55(41-25-35-15-13-31-7-3-27-1-5-29-9-11-33-17-23-39(41)53-49(33)45(29)43(27)47(31)51(35)53)42-26-36-16-14-32-8-4-28-2-6-30-10-12-34-18-24-40(42)54-50(34)46(30)44(28)48(32)52(36)54/h1-18,23-26,37H,19-22H2. The quantitative estimate of drug-likeness (QED) is 0.134. The van der Waals surface area contributed by atoms with E-state index in [0.717, 1.165) is 12.8 Å². The molecule has 0 N–H and O–H groups in total. The molecule has 0 atom stereocenters. The topological polar surface area (TPSA) is 20.3 Å². The first-order valence-electron chi connectivity index (χ1n) is 20.2. The summed E-state index contributed by atoms with van der Waals surface area (Å²) in [7, 11) is 0. The molecule has 0 spiro atoms. The molecule has 0 bridgehead atoms. The Labute approximate surface area is 320 Å². The summed E-state index contributed by atoms with van der Waals surface area (Å²) in [6, 6.07) is 51.8. The molecule has 0 amide bonds. The smallest absolute Gasteiger partial charge is 0.133 e. The average molecular weight is 710 g/mol. The Kier molecular flexibility index (Phi) is 4.88. The lowest BCUT2D eigenvalue weighted by Crippen LogP contribution is -2.35. The average Bonchev–Trinajstić information content (AvgIpc) is 3.25. The SMILES string of the molecule is O=C1CCC(N(c2cc3ccc4ccc5ccc6ccc7ccc2c2c7c6c5c4c32)c2cc3ccc4ccc5ccc6ccc7ccc2c2c7c6c5c4c32)CC1. The number of carbonyl (C=O) groups is 1. The van der Waals surface area contributed by atoms with Crippen molar-refractivity contribution in [3.8, 4) is 0 Å². The first-order chi connectivity index (χ1) is 27.7. The zero-order valence-corrected chi connectivity index (χ0v) is 30.5. The van der Waals surface area contributed by atoms with Gasteiger partial charge < -0.3 is 4.90 Å². The highest BCUT2D eigenvalue weighted by Crippen LogP contribution is 2.55. The van der Waals surface area contributed by atoms with Crippen molar-refractivity contribution in [2.24, 2.45) is 0 Å². The monoisotopic (exact) mass is 709 g/mol. The van der Waals surface area contributed by atoms with Gasteiger partial charge in [0.1, 0.15) is 5.78 Å². The maximum Gasteiger partial charge on any atom is 0.133 e. The van der Waals surface area contributed by atoms with E-state index in [1.165, 1.54) is 141 Å². The molecule has 1 aliphatic rings. The van der Waals surface area contributed by atoms with Crippen LogP contribution >= 0.6 is 0 Å². The van der Waals surface area contributed by atoms with Gasteiger partial charge in [-0.3, -0.25) is 4.79 Å². The minimum absolute atomic E-state index is 0.178. The fraction of sp³-hybridized carbons (Fsp3) is 0.0926. The van der Waals surface area contributed by atoms with Crippen molar-refractivity contribution in [1.82, 2.24) is 0 Å². The van der Waals surface area contributed by atoms with E-state index in [1.807, 2.05) is 0 Å². The van der Waals surface area contributed by atoms with Crippen LogP contribution in [0, 0.1) is 0 Å². The molecule has 0 unspecified atom stereocenters. The molecule has 1 fully saturated rings. The van der Waals surface area contributed by atoms with Gasteiger partial charge >= 0.3 is 0 Å². The summed E-state index contributed by atoms with van der Waals surface area (Å²) >= 11 is 0. The Bertz CT molecular complexity index is 3600. The van der Waals surface area contributed by atoms with Gasteiger partial charge in [-0.1, -0.05) is 121 Å². The number of anilines is 2. The van der Waals surface area contributed by atoms with Crippen LogP contribution in [0.4, 0.5) is 11.4 Å². The number of rotatable bonds is 3. The summed E-state index contributed by atoms with van der Waals surface area (Å²) in [5.41, 5.74) is 2.49. The van der Waals surface area contributed by atoms with Crippen LogP contribution in [0.3, 0.4) is 0 Å². The zero-order chi connectivity index (χ0) is 36.1. The fourth-order valence-corrected chi connectivity index (χ4v) is 12.0. The molecule has 1 aliphatic carbocycles. The van der Waals surface area contributed by atoms with Crippen LogP contribution in [-0.4, -0.2) is 11.8 Å². The van der Waals surface area contributed by atoms with Gasteiger partial charge in [0.2, 0.25) is 0 Å². The molecule has 0 aromatic heterocycles. The second-order valence-electron chi connectivity index (χ2n) is 16.9. The molecule has 14 aromatic carbocycles. The van der Waals surface area contributed by atoms with E-state index in [1.54, 1.807) is 0 Å². The Morgan fingerprint density at radius 3 is 0.893 bits per heavy atom. The van der Waals surface area contributed by atoms with E-state index in [4.69, 9.17) is 0 Å². The van der Waals surface area contributed by atoms with E-state index in [2.05, 4.69) is 138 Å². The van der Waals surface area contributed by atoms with Gasteiger partial charge in [0.15, 0.2) is 0 Å². The third-order valence-corrected chi connectivity index (χ3v) is 14.4. The van der Waals surface area contributed by atoms with Gasteiger partial charge in [-0.25, -0.2) is 0 Å². The summed E-state index contributed by atoms with van der Waals surface area (Å²) in [5.74, 6) is 0.387. The van der Waals surface area contributed by atoms with Crippen LogP contribution in [0.5, 0.6) is 0 Å². The van der Waals surface area contributed by atoms with Crippen molar-refractivity contribution in [2.45, 2.75) is 31.7 Å². The van der Waals surface area contributed by atoms with Crippen molar-refractivity contribution < 1.29 is 4.79 Å². The van der Waals surface area contributed by atoms with Gasteiger partial charge in [-0.05, 0) is 133 Å². The van der Waals surface area contributed by atoms with Crippen molar-refractivity contribution in [1.29, 1.82) is 0 Å². The summed E-state index contributed by atoms with van der Waals surface area (Å²) in [6.07, 6.45) is 2.93. The summed E-state index contributed by atoms with van der Waals surface area (Å²) in [6.45, 7) is 0. The van der Waals surface area contributed by atoms with Gasteiger partial charge in [0, 0.05) is 51.8 Å². The molecular weight excluding hydrogens is 679 g/mol. The van der Waals surface area contributed by atoms with Crippen molar-refractivity contribution in [3.05, 3.63) is 133 Å². The number of nitrogens with zero attached hydrogens (tertiary/aromatic N) is 1. The fourth-order valence-electron chi connectivity index (χ4n) is 12.0. The highest BCUT2D eigenvalue weighted by atomic mass is 16.1. The molecule has 0 heterocycles. The summed E-state index contributed by atoms with van der Waals surface area (Å²) in [5, 5.41) is 32.1. The number of carbonyl (C=O) groups excluding carboxylic acids is 1. The minimum Gasteiger partial charge on any atom is -0.337 e. The Morgan fingerprint density at radius 2 is 0.571 bits per heavy atom. The van der Waals surface area contributed by atoms with Crippen LogP contribution < -0.4 is 4.90 Å². The normalized spacial score (nSPS) is 15.2. The number of benzene rings is 14. The summed E-state index contributed by atoms with van der Waals surface area (Å²) < 4.78 is 0. The van der Waals surface area contributed by atoms with Crippen LogP contribution in [-0.2, 0) is 4.79 Å². The third-order valence-electron chi connectivity index (χ3n) is 14.4.